The van der Waals surface area contributed by atoms with Gasteiger partial charge in [0, 0.05) is 17.1 Å². The topological polar surface area (TPSA) is 149 Å². The fraction of sp³-hybridized carbons (Fsp3) is 0.500. The summed E-state index contributed by atoms with van der Waals surface area (Å²) < 4.78 is 0. The summed E-state index contributed by atoms with van der Waals surface area (Å²) in [6.07, 6.45) is 0. The first kappa shape index (κ1) is 23.2. The van der Waals surface area contributed by atoms with Crippen LogP contribution < -0.4 is 0 Å². The van der Waals surface area contributed by atoms with Crippen molar-refractivity contribution in [3.63, 3.8) is 0 Å². The van der Waals surface area contributed by atoms with Gasteiger partial charge in [-0.15, -0.1) is 0 Å². The molecule has 19 heavy (non-hydrogen) atoms. The molecule has 0 heterocycles. The quantitative estimate of drug-likeness (QED) is 0.218. The Kier molecular flexibility index (Phi) is 18.5. The summed E-state index contributed by atoms with van der Waals surface area (Å²) in [6.45, 7) is 0. The number of thiol groups is 2. The Bertz CT molecular complexity index is 251. The first-order chi connectivity index (χ1) is 8.25. The van der Waals surface area contributed by atoms with Gasteiger partial charge in [0.25, 0.3) is 0 Å². The number of carboxylic acids is 4. The second kappa shape index (κ2) is 15.2. The Morgan fingerprint density at radius 3 is 0.842 bits per heavy atom. The van der Waals surface area contributed by atoms with Gasteiger partial charge < -0.3 is 20.4 Å². The molecule has 0 bridgehead atoms. The minimum Gasteiger partial charge on any atom is -0.478 e. The monoisotopic (exact) mass is 365 g/mol. The zero-order valence-corrected chi connectivity index (χ0v) is 12.2. The molecule has 115 valence electrons. The smallest absolute Gasteiger partial charge is 0.353 e. The summed E-state index contributed by atoms with van der Waals surface area (Å²) in [6, 6.07) is 0. The molecule has 4 N–H and O–H groups in total. The van der Waals surface area contributed by atoms with Gasteiger partial charge in [-0.2, -0.15) is 0 Å². The van der Waals surface area contributed by atoms with Crippen molar-refractivity contribution in [2.45, 2.75) is 0 Å². The van der Waals surface area contributed by atoms with E-state index in [4.69, 9.17) is 20.4 Å². The molecular weight excluding hydrogens is 352 g/mol. The van der Waals surface area contributed by atoms with Crippen LogP contribution in [0.4, 0.5) is 0 Å². The zero-order valence-electron chi connectivity index (χ0n) is 9.45. The van der Waals surface area contributed by atoms with Gasteiger partial charge in [0.05, 0.1) is 0 Å². The largest absolute Gasteiger partial charge is 0.478 e. The molecule has 1 radical (unpaired) electrons. The normalized spacial score (nSPS) is 8.42. The van der Waals surface area contributed by atoms with Crippen LogP contribution in [0.1, 0.15) is 0 Å². The molecule has 0 fully saturated rings. The molecule has 0 aromatic carbocycles. The third-order valence-corrected chi connectivity index (χ3v) is 2.96. The van der Waals surface area contributed by atoms with Crippen molar-refractivity contribution in [2.24, 2.45) is 0 Å². The maximum Gasteiger partial charge on any atom is 0.353 e. The predicted molar refractivity (Wildman–Crippen MR) is 67.5 cm³/mol. The first-order valence-corrected chi connectivity index (χ1v) is 6.92. The van der Waals surface area contributed by atoms with Crippen LogP contribution in [-0.4, -0.2) is 67.3 Å². The molecule has 0 aromatic heterocycles. The Morgan fingerprint density at radius 2 is 0.737 bits per heavy atom. The maximum absolute atomic E-state index is 9.78. The van der Waals surface area contributed by atoms with E-state index in [1.807, 2.05) is 0 Å². The van der Waals surface area contributed by atoms with E-state index in [0.29, 0.717) is 23.5 Å². The van der Waals surface area contributed by atoms with Gasteiger partial charge in [-0.1, -0.05) is 0 Å². The van der Waals surface area contributed by atoms with Crippen LogP contribution in [0.3, 0.4) is 0 Å². The molecule has 0 amide bonds. The van der Waals surface area contributed by atoms with E-state index in [9.17, 15) is 19.2 Å². The Hall–Kier alpha value is -0.901. The van der Waals surface area contributed by atoms with E-state index in [-0.39, 0.29) is 40.1 Å². The van der Waals surface area contributed by atoms with Crippen molar-refractivity contribution >= 4 is 47.4 Å². The van der Waals surface area contributed by atoms with Crippen molar-refractivity contribution in [3.05, 3.63) is 0 Å². The molecule has 0 rings (SSSR count). The van der Waals surface area contributed by atoms with Crippen LogP contribution in [0.5, 0.6) is 0 Å². The molecule has 0 aromatic rings. The Balaban J connectivity index is -0.000000256. The number of hydrogen-bond donors (Lipinski definition) is 4. The summed E-state index contributed by atoms with van der Waals surface area (Å²) in [7, 11) is 0. The second-order valence-corrected chi connectivity index (χ2v) is 4.81. The molecule has 0 unspecified atom stereocenters. The van der Waals surface area contributed by atoms with Gasteiger partial charge in [-0.05, 0) is 23.5 Å². The van der Waals surface area contributed by atoms with Gasteiger partial charge in [-0.25, -0.2) is 19.2 Å². The van der Waals surface area contributed by atoms with Crippen LogP contribution in [0.15, 0.2) is 0 Å². The van der Waals surface area contributed by atoms with Gasteiger partial charge in [0.15, 0.2) is 0 Å². The molecule has 0 saturated carbocycles. The van der Waals surface area contributed by atoms with Crippen LogP contribution in [0.2, 0.25) is 0 Å². The SMILES string of the molecule is O=C(O)C[SH+]CC(=O)O.O=C(O)C[SH+]CC(=O)O.[Cu]. The van der Waals surface area contributed by atoms with E-state index in [1.165, 1.54) is 0 Å². The third-order valence-electron chi connectivity index (χ3n) is 0.988. The maximum atomic E-state index is 9.78. The zero-order chi connectivity index (χ0) is 14.6. The summed E-state index contributed by atoms with van der Waals surface area (Å²) in [5, 5.41) is 32.1. The molecule has 0 aliphatic carbocycles. The summed E-state index contributed by atoms with van der Waals surface area (Å²) >= 11 is 0.864. The first-order valence-electron chi connectivity index (χ1n) is 4.39. The number of hydrogen-bond acceptors (Lipinski definition) is 4. The van der Waals surface area contributed by atoms with E-state index >= 15 is 0 Å². The molecule has 11 heteroatoms. The van der Waals surface area contributed by atoms with Crippen molar-refractivity contribution in [2.75, 3.05) is 23.0 Å². The number of rotatable bonds is 8. The van der Waals surface area contributed by atoms with Crippen LogP contribution in [0, 0.1) is 0 Å². The average molecular weight is 366 g/mol. The van der Waals surface area contributed by atoms with Gasteiger partial charge in [0.1, 0.15) is 0 Å². The standard InChI is InChI=1S/2C4H6O4S.Cu/c2*5-3(6)1-9-2-4(7)8;/h2*1-2H2,(H,5,6)(H,7,8);/p+2. The van der Waals surface area contributed by atoms with Crippen LogP contribution >= 0.6 is 0 Å². The molecule has 0 atom stereocenters. The predicted octanol–water partition coefficient (Wildman–Crippen LogP) is -2.06. The summed E-state index contributed by atoms with van der Waals surface area (Å²) in [5.74, 6) is -4.20. The molecule has 0 saturated heterocycles. The van der Waals surface area contributed by atoms with Crippen molar-refractivity contribution < 1.29 is 56.7 Å². The minimum atomic E-state index is -0.960. The third kappa shape index (κ3) is 31.6. The van der Waals surface area contributed by atoms with Crippen LogP contribution in [0.25, 0.3) is 0 Å². The Labute approximate surface area is 127 Å². The van der Waals surface area contributed by atoms with Crippen LogP contribution in [-0.2, 0) is 59.8 Å². The van der Waals surface area contributed by atoms with E-state index in [2.05, 4.69) is 0 Å². The molecule has 8 nitrogen and oxygen atoms in total. The summed E-state index contributed by atoms with van der Waals surface area (Å²) in [4.78, 5) is 39.1. The van der Waals surface area contributed by atoms with E-state index < -0.39 is 23.9 Å². The summed E-state index contributed by atoms with van der Waals surface area (Å²) in [5.41, 5.74) is 0. The number of carboxylic acid groups (broad SMARTS) is 4. The van der Waals surface area contributed by atoms with E-state index in [0.717, 1.165) is 0 Å². The molecule has 0 aliphatic rings. The number of carbonyl (C=O) groups is 4. The molecule has 0 spiro atoms. The molecular formula is C8H14CuO8S2+2. The van der Waals surface area contributed by atoms with E-state index in [1.54, 1.807) is 0 Å². The van der Waals surface area contributed by atoms with Crippen molar-refractivity contribution in [3.8, 4) is 0 Å². The number of aliphatic carboxylic acids is 4. The Morgan fingerprint density at radius 1 is 0.579 bits per heavy atom. The fourth-order valence-corrected chi connectivity index (χ4v) is 1.48. The van der Waals surface area contributed by atoms with Crippen molar-refractivity contribution in [1.29, 1.82) is 0 Å². The van der Waals surface area contributed by atoms with Crippen molar-refractivity contribution in [1.82, 2.24) is 0 Å². The van der Waals surface area contributed by atoms with Gasteiger partial charge in [0.2, 0.25) is 23.0 Å². The minimum absolute atomic E-state index is 0. The fourth-order valence-electron chi connectivity index (χ4n) is 0.494. The van der Waals surface area contributed by atoms with Gasteiger partial charge in [-0.3, -0.25) is 0 Å². The second-order valence-electron chi connectivity index (χ2n) is 2.65. The molecule has 0 aliphatic heterocycles. The average Bonchev–Trinajstić information content (AvgIpc) is 2.15. The van der Waals surface area contributed by atoms with Gasteiger partial charge >= 0.3 is 23.9 Å².